The van der Waals surface area contributed by atoms with Gasteiger partial charge in [0, 0.05) is 5.02 Å². The number of nitrogens with zero attached hydrogens (tertiary/aromatic N) is 1. The maximum atomic E-state index is 13.4. The highest BCUT2D eigenvalue weighted by molar-refractivity contribution is 6.36. The number of ether oxygens (including phenoxy) is 1. The number of benzene rings is 3. The number of nitrogens with one attached hydrogen (secondary N) is 1. The molecule has 5 nitrogen and oxygen atoms in total. The third kappa shape index (κ3) is 4.39. The molecule has 1 aliphatic rings. The molecule has 32 heavy (non-hydrogen) atoms. The van der Waals surface area contributed by atoms with Gasteiger partial charge in [-0.3, -0.25) is 14.5 Å². The Balaban J connectivity index is 1.74. The molecule has 0 radical (unpaired) electrons. The van der Waals surface area contributed by atoms with E-state index in [1.807, 2.05) is 74.5 Å². The first kappa shape index (κ1) is 21.7. The largest absolute Gasteiger partial charge is 0.492 e. The van der Waals surface area contributed by atoms with Gasteiger partial charge in [-0.05, 0) is 49.2 Å². The first-order chi connectivity index (χ1) is 15.5. The van der Waals surface area contributed by atoms with Gasteiger partial charge in [0.05, 0.1) is 24.4 Å². The quantitative estimate of drug-likeness (QED) is 0.491. The molecule has 0 saturated heterocycles. The summed E-state index contributed by atoms with van der Waals surface area (Å²) in [5, 5.41) is 3.78. The van der Waals surface area contributed by atoms with Crippen molar-refractivity contribution in [3.05, 3.63) is 100 Å². The van der Waals surface area contributed by atoms with Crippen molar-refractivity contribution in [3.63, 3.8) is 0 Å². The second kappa shape index (κ2) is 9.28. The molecule has 2 amide bonds. The van der Waals surface area contributed by atoms with Gasteiger partial charge in [0.15, 0.2) is 0 Å². The summed E-state index contributed by atoms with van der Waals surface area (Å²) in [6.07, 6.45) is 0. The first-order valence-electron chi connectivity index (χ1n) is 10.4. The average molecular weight is 447 g/mol. The molecule has 0 spiro atoms. The molecule has 0 bridgehead atoms. The maximum absolute atomic E-state index is 13.4. The fraction of sp³-hybridized carbons (Fsp3) is 0.154. The number of hydrogen-bond acceptors (Lipinski definition) is 4. The lowest BCUT2D eigenvalue weighted by atomic mass is 10.0. The van der Waals surface area contributed by atoms with Crippen LogP contribution in [0.4, 0.5) is 5.69 Å². The van der Waals surface area contributed by atoms with Gasteiger partial charge in [0.1, 0.15) is 11.4 Å². The van der Waals surface area contributed by atoms with Gasteiger partial charge < -0.3 is 10.1 Å². The fourth-order valence-corrected chi connectivity index (χ4v) is 3.71. The third-order valence-corrected chi connectivity index (χ3v) is 5.46. The van der Waals surface area contributed by atoms with E-state index in [0.29, 0.717) is 34.2 Å². The normalized spacial score (nSPS) is 13.7. The van der Waals surface area contributed by atoms with Crippen LogP contribution in [0.25, 0.3) is 5.57 Å². The van der Waals surface area contributed by atoms with Crippen LogP contribution in [0.5, 0.6) is 5.75 Å². The van der Waals surface area contributed by atoms with Gasteiger partial charge in [-0.15, -0.1) is 0 Å². The molecular weight excluding hydrogens is 424 g/mol. The predicted octanol–water partition coefficient (Wildman–Crippen LogP) is 5.44. The molecule has 0 atom stereocenters. The molecule has 0 aromatic heterocycles. The molecule has 0 aliphatic carbocycles. The van der Waals surface area contributed by atoms with E-state index in [-0.39, 0.29) is 24.1 Å². The number of carbonyl (C=O) groups is 2. The fourth-order valence-electron chi connectivity index (χ4n) is 3.58. The van der Waals surface area contributed by atoms with Gasteiger partial charge in [0.25, 0.3) is 11.8 Å². The van der Waals surface area contributed by atoms with Gasteiger partial charge in [-0.2, -0.15) is 0 Å². The lowest BCUT2D eigenvalue weighted by Crippen LogP contribution is -2.32. The zero-order chi connectivity index (χ0) is 22.7. The number of carbonyl (C=O) groups excluding carboxylic acids is 2. The molecule has 3 aromatic carbocycles. The van der Waals surface area contributed by atoms with Crippen molar-refractivity contribution in [2.24, 2.45) is 0 Å². The van der Waals surface area contributed by atoms with Crippen LogP contribution < -0.4 is 10.1 Å². The van der Waals surface area contributed by atoms with Gasteiger partial charge in [0.2, 0.25) is 0 Å². The van der Waals surface area contributed by atoms with Crippen molar-refractivity contribution >= 4 is 34.7 Å². The van der Waals surface area contributed by atoms with Crippen LogP contribution in [-0.2, 0) is 16.1 Å². The van der Waals surface area contributed by atoms with Gasteiger partial charge >= 0.3 is 0 Å². The van der Waals surface area contributed by atoms with Crippen molar-refractivity contribution < 1.29 is 14.3 Å². The highest BCUT2D eigenvalue weighted by Crippen LogP contribution is 2.34. The molecule has 0 saturated carbocycles. The lowest BCUT2D eigenvalue weighted by molar-refractivity contribution is -0.137. The van der Waals surface area contributed by atoms with Crippen LogP contribution in [0, 0.1) is 6.92 Å². The second-order valence-electron chi connectivity index (χ2n) is 7.49. The summed E-state index contributed by atoms with van der Waals surface area (Å²) in [6.45, 7) is 4.51. The Morgan fingerprint density at radius 2 is 1.59 bits per heavy atom. The maximum Gasteiger partial charge on any atom is 0.278 e. The van der Waals surface area contributed by atoms with Crippen molar-refractivity contribution in [3.8, 4) is 5.75 Å². The first-order valence-corrected chi connectivity index (χ1v) is 10.8. The van der Waals surface area contributed by atoms with E-state index in [1.54, 1.807) is 12.1 Å². The third-order valence-electron chi connectivity index (χ3n) is 5.21. The Kier molecular flexibility index (Phi) is 6.28. The SMILES string of the molecule is CCOc1ccccc1NC1=C(c2ccc(C)cc2)C(=O)N(Cc2ccc(Cl)cc2)C1=O. The Labute approximate surface area is 192 Å². The zero-order valence-electron chi connectivity index (χ0n) is 17.9. The minimum atomic E-state index is -0.383. The van der Waals surface area contributed by atoms with E-state index in [4.69, 9.17) is 16.3 Å². The molecule has 6 heteroatoms. The van der Waals surface area contributed by atoms with Crippen LogP contribution in [0.3, 0.4) is 0 Å². The van der Waals surface area contributed by atoms with Crippen LogP contribution in [-0.4, -0.2) is 23.3 Å². The Bertz CT molecular complexity index is 1180. The monoisotopic (exact) mass is 446 g/mol. The minimum Gasteiger partial charge on any atom is -0.492 e. The topological polar surface area (TPSA) is 58.6 Å². The van der Waals surface area contributed by atoms with Crippen molar-refractivity contribution in [2.45, 2.75) is 20.4 Å². The van der Waals surface area contributed by atoms with Crippen LogP contribution >= 0.6 is 11.6 Å². The number of hydrogen-bond donors (Lipinski definition) is 1. The van der Waals surface area contributed by atoms with E-state index in [1.165, 1.54) is 4.90 Å². The van der Waals surface area contributed by atoms with E-state index < -0.39 is 0 Å². The summed E-state index contributed by atoms with van der Waals surface area (Å²) in [5.41, 5.74) is 3.78. The standard InChI is InChI=1S/C26H23ClN2O3/c1-3-32-22-7-5-4-6-21(22)28-24-23(19-12-8-17(2)9-13-19)25(30)29(26(24)31)16-18-10-14-20(27)15-11-18/h4-15,28H,3,16H2,1-2H3. The molecule has 1 N–H and O–H groups in total. The minimum absolute atomic E-state index is 0.155. The Hall–Kier alpha value is -3.57. The smallest absolute Gasteiger partial charge is 0.278 e. The van der Waals surface area contributed by atoms with Crippen LogP contribution in [0.1, 0.15) is 23.6 Å². The lowest BCUT2D eigenvalue weighted by Gasteiger charge is -2.16. The van der Waals surface area contributed by atoms with E-state index in [0.717, 1.165) is 11.1 Å². The molecule has 162 valence electrons. The van der Waals surface area contributed by atoms with Crippen molar-refractivity contribution in [1.29, 1.82) is 0 Å². The zero-order valence-corrected chi connectivity index (χ0v) is 18.6. The van der Waals surface area contributed by atoms with Crippen LogP contribution in [0.15, 0.2) is 78.5 Å². The molecule has 1 aliphatic heterocycles. The van der Waals surface area contributed by atoms with Gasteiger partial charge in [-0.25, -0.2) is 0 Å². The van der Waals surface area contributed by atoms with E-state index in [9.17, 15) is 9.59 Å². The Morgan fingerprint density at radius 3 is 2.28 bits per heavy atom. The number of amides is 2. The molecule has 1 heterocycles. The molecule has 3 aromatic rings. The summed E-state index contributed by atoms with van der Waals surface area (Å²) in [5.74, 6) is -0.112. The number of para-hydroxylation sites is 2. The van der Waals surface area contributed by atoms with Crippen molar-refractivity contribution in [2.75, 3.05) is 11.9 Å². The summed E-state index contributed by atoms with van der Waals surface area (Å²) < 4.78 is 5.69. The van der Waals surface area contributed by atoms with Gasteiger partial charge in [-0.1, -0.05) is 65.7 Å². The number of aryl methyl sites for hydroxylation is 1. The van der Waals surface area contributed by atoms with E-state index in [2.05, 4.69) is 5.32 Å². The summed E-state index contributed by atoms with van der Waals surface area (Å²) in [7, 11) is 0. The molecule has 0 unspecified atom stereocenters. The summed E-state index contributed by atoms with van der Waals surface area (Å²) >= 11 is 5.98. The van der Waals surface area contributed by atoms with Crippen LogP contribution in [0.2, 0.25) is 5.02 Å². The number of rotatable bonds is 7. The summed E-state index contributed by atoms with van der Waals surface area (Å²) in [6, 6.07) is 22.0. The molecule has 0 fully saturated rings. The predicted molar refractivity (Wildman–Crippen MR) is 126 cm³/mol. The number of imide groups is 1. The summed E-state index contributed by atoms with van der Waals surface area (Å²) in [4.78, 5) is 28.1. The molecular formula is C26H23ClN2O3. The van der Waals surface area contributed by atoms with Crippen molar-refractivity contribution in [1.82, 2.24) is 4.90 Å². The number of anilines is 1. The second-order valence-corrected chi connectivity index (χ2v) is 7.93. The highest BCUT2D eigenvalue weighted by atomic mass is 35.5. The van der Waals surface area contributed by atoms with E-state index >= 15 is 0 Å². The molecule has 4 rings (SSSR count). The number of halogens is 1. The highest BCUT2D eigenvalue weighted by Gasteiger charge is 2.39. The Morgan fingerprint density at radius 1 is 0.906 bits per heavy atom. The average Bonchev–Trinajstić information content (AvgIpc) is 3.01.